The van der Waals surface area contributed by atoms with Crippen LogP contribution in [0.4, 0.5) is 10.1 Å². The first-order chi connectivity index (χ1) is 12.1. The first-order valence-electron chi connectivity index (χ1n) is 7.53. The lowest BCUT2D eigenvalue weighted by Gasteiger charge is -2.03. The van der Waals surface area contributed by atoms with E-state index in [1.54, 1.807) is 30.1 Å². The second kappa shape index (κ2) is 6.45. The molecule has 0 saturated carbocycles. The third-order valence-electron chi connectivity index (χ3n) is 3.82. The van der Waals surface area contributed by atoms with E-state index >= 15 is 0 Å². The number of hydrogen-bond donors (Lipinski definition) is 1. The molecule has 4 aromatic rings. The molecule has 126 valence electrons. The molecule has 0 atom stereocenters. The van der Waals surface area contributed by atoms with Crippen LogP contribution in [-0.4, -0.2) is 19.7 Å². The molecule has 0 bridgehead atoms. The Balaban J connectivity index is 1.62. The van der Waals surface area contributed by atoms with Gasteiger partial charge in [0.05, 0.1) is 10.6 Å². The molecule has 25 heavy (non-hydrogen) atoms. The summed E-state index contributed by atoms with van der Waals surface area (Å²) >= 11 is 3.06. The second-order valence-electron chi connectivity index (χ2n) is 5.48. The zero-order valence-corrected chi connectivity index (χ0v) is 14.9. The second-order valence-corrected chi connectivity index (χ2v) is 7.42. The number of aromatic nitrogens is 4. The Morgan fingerprint density at radius 3 is 2.76 bits per heavy atom. The smallest absolute Gasteiger partial charge is 0.191 e. The van der Waals surface area contributed by atoms with Crippen molar-refractivity contribution < 1.29 is 4.39 Å². The Hall–Kier alpha value is -2.45. The van der Waals surface area contributed by atoms with Gasteiger partial charge in [0.25, 0.3) is 0 Å². The minimum absolute atomic E-state index is 0.233. The van der Waals surface area contributed by atoms with E-state index in [-0.39, 0.29) is 5.82 Å². The number of fused-ring (bicyclic) bond motifs is 1. The van der Waals surface area contributed by atoms with Gasteiger partial charge >= 0.3 is 0 Å². The molecule has 0 unspecified atom stereocenters. The summed E-state index contributed by atoms with van der Waals surface area (Å²) in [7, 11) is 1.92. The van der Waals surface area contributed by atoms with Crippen molar-refractivity contribution >= 4 is 39.0 Å². The molecular weight excluding hydrogens is 357 g/mol. The molecule has 4 rings (SSSR count). The van der Waals surface area contributed by atoms with E-state index in [0.717, 1.165) is 31.6 Å². The van der Waals surface area contributed by atoms with Crippen LogP contribution >= 0.6 is 23.1 Å². The van der Waals surface area contributed by atoms with Crippen molar-refractivity contribution in [1.82, 2.24) is 19.7 Å². The number of rotatable bonds is 4. The minimum atomic E-state index is -0.233. The summed E-state index contributed by atoms with van der Waals surface area (Å²) in [6, 6.07) is 10.3. The van der Waals surface area contributed by atoms with Gasteiger partial charge in [0.1, 0.15) is 10.6 Å². The van der Waals surface area contributed by atoms with E-state index in [1.165, 1.54) is 23.5 Å². The van der Waals surface area contributed by atoms with Crippen LogP contribution in [0, 0.1) is 5.82 Å². The van der Waals surface area contributed by atoms with E-state index < -0.39 is 0 Å². The first-order valence-corrected chi connectivity index (χ1v) is 9.33. The summed E-state index contributed by atoms with van der Waals surface area (Å²) in [6.45, 7) is 0. The van der Waals surface area contributed by atoms with Gasteiger partial charge in [0, 0.05) is 24.4 Å². The molecule has 5 nitrogen and oxygen atoms in total. The molecule has 1 aromatic carbocycles. The summed E-state index contributed by atoms with van der Waals surface area (Å²) in [5.74, 6) is 1.18. The van der Waals surface area contributed by atoms with Crippen LogP contribution in [-0.2, 0) is 12.8 Å². The Labute approximate surface area is 151 Å². The lowest BCUT2D eigenvalue weighted by molar-refractivity contribution is 0.627. The zero-order chi connectivity index (χ0) is 17.4. The van der Waals surface area contributed by atoms with Crippen molar-refractivity contribution in [3.63, 3.8) is 0 Å². The van der Waals surface area contributed by atoms with E-state index in [4.69, 9.17) is 5.73 Å². The summed E-state index contributed by atoms with van der Waals surface area (Å²) in [6.07, 6.45) is 1.75. The van der Waals surface area contributed by atoms with Crippen LogP contribution in [0.5, 0.6) is 0 Å². The molecular formula is C17H14FN5S2. The number of nitrogen functional groups attached to an aromatic ring is 1. The number of thioether (sulfide) groups is 1. The predicted octanol–water partition coefficient (Wildman–Crippen LogP) is 4.11. The van der Waals surface area contributed by atoms with Crippen LogP contribution < -0.4 is 5.73 Å². The lowest BCUT2D eigenvalue weighted by Crippen LogP contribution is -1.96. The van der Waals surface area contributed by atoms with E-state index in [1.807, 2.05) is 23.7 Å². The van der Waals surface area contributed by atoms with Gasteiger partial charge in [-0.2, -0.15) is 0 Å². The van der Waals surface area contributed by atoms with Crippen LogP contribution in [0.1, 0.15) is 5.56 Å². The Morgan fingerprint density at radius 2 is 2.00 bits per heavy atom. The summed E-state index contributed by atoms with van der Waals surface area (Å²) < 4.78 is 14.9. The fourth-order valence-corrected chi connectivity index (χ4v) is 4.43. The number of nitrogens with two attached hydrogens (primary N) is 1. The number of halogens is 1. The molecule has 0 radical (unpaired) electrons. The molecule has 8 heteroatoms. The van der Waals surface area contributed by atoms with Crippen LogP contribution in [0.25, 0.3) is 20.9 Å². The molecule has 3 aromatic heterocycles. The van der Waals surface area contributed by atoms with Gasteiger partial charge in [0.15, 0.2) is 11.0 Å². The highest BCUT2D eigenvalue weighted by atomic mass is 32.2. The molecule has 0 spiro atoms. The Kier molecular flexibility index (Phi) is 4.14. The third kappa shape index (κ3) is 2.98. The van der Waals surface area contributed by atoms with Gasteiger partial charge in [0.2, 0.25) is 0 Å². The van der Waals surface area contributed by atoms with Crippen molar-refractivity contribution in [1.29, 1.82) is 0 Å². The average Bonchev–Trinajstić information content (AvgIpc) is 3.15. The van der Waals surface area contributed by atoms with Crippen molar-refractivity contribution in [2.24, 2.45) is 7.05 Å². The fraction of sp³-hybridized carbons (Fsp3) is 0.118. The number of pyridine rings is 1. The molecule has 0 amide bonds. The predicted molar refractivity (Wildman–Crippen MR) is 100.0 cm³/mol. The van der Waals surface area contributed by atoms with E-state index in [0.29, 0.717) is 11.4 Å². The first kappa shape index (κ1) is 16.0. The Bertz CT molecular complexity index is 1040. The number of thiophene rings is 1. The van der Waals surface area contributed by atoms with Crippen molar-refractivity contribution in [2.45, 2.75) is 10.9 Å². The third-order valence-corrected chi connectivity index (χ3v) is 6.04. The molecule has 0 aliphatic heterocycles. The molecule has 0 saturated heterocycles. The van der Waals surface area contributed by atoms with Crippen LogP contribution in [0.15, 0.2) is 47.8 Å². The maximum atomic E-state index is 13.0. The van der Waals surface area contributed by atoms with Gasteiger partial charge in [-0.15, -0.1) is 21.5 Å². The maximum Gasteiger partial charge on any atom is 0.191 e. The van der Waals surface area contributed by atoms with Crippen molar-refractivity contribution in [3.8, 4) is 10.7 Å². The number of benzene rings is 1. The van der Waals surface area contributed by atoms with Crippen molar-refractivity contribution in [2.75, 3.05) is 5.73 Å². The highest BCUT2D eigenvalue weighted by Crippen LogP contribution is 2.39. The number of hydrogen-bond acceptors (Lipinski definition) is 6. The molecule has 0 aliphatic rings. The van der Waals surface area contributed by atoms with Crippen LogP contribution in [0.2, 0.25) is 0 Å². The Morgan fingerprint density at radius 1 is 1.20 bits per heavy atom. The number of nitrogens with zero attached hydrogens (tertiary/aromatic N) is 4. The highest BCUT2D eigenvalue weighted by Gasteiger charge is 2.18. The molecule has 0 aliphatic carbocycles. The summed E-state index contributed by atoms with van der Waals surface area (Å²) in [5, 5.41) is 10.3. The SMILES string of the molecule is Cn1c(SCc2ccc(F)cc2)nnc1-c1sc2ncccc2c1N. The zero-order valence-electron chi connectivity index (χ0n) is 13.3. The van der Waals surface area contributed by atoms with Gasteiger partial charge in [-0.3, -0.25) is 0 Å². The maximum absolute atomic E-state index is 13.0. The summed E-state index contributed by atoms with van der Waals surface area (Å²) in [4.78, 5) is 6.11. The largest absolute Gasteiger partial charge is 0.397 e. The average molecular weight is 371 g/mol. The van der Waals surface area contributed by atoms with E-state index in [9.17, 15) is 4.39 Å². The molecule has 0 fully saturated rings. The highest BCUT2D eigenvalue weighted by molar-refractivity contribution is 7.98. The van der Waals surface area contributed by atoms with Crippen LogP contribution in [0.3, 0.4) is 0 Å². The number of anilines is 1. The van der Waals surface area contributed by atoms with Gasteiger partial charge < -0.3 is 10.3 Å². The monoisotopic (exact) mass is 371 g/mol. The fourth-order valence-electron chi connectivity index (χ4n) is 2.48. The van der Waals surface area contributed by atoms with Gasteiger partial charge in [-0.25, -0.2) is 9.37 Å². The lowest BCUT2D eigenvalue weighted by atomic mass is 10.2. The van der Waals surface area contributed by atoms with E-state index in [2.05, 4.69) is 15.2 Å². The molecule has 2 N–H and O–H groups in total. The molecule has 3 heterocycles. The minimum Gasteiger partial charge on any atom is -0.397 e. The quantitative estimate of drug-likeness (QED) is 0.547. The topological polar surface area (TPSA) is 69.6 Å². The summed E-state index contributed by atoms with van der Waals surface area (Å²) in [5.41, 5.74) is 7.98. The van der Waals surface area contributed by atoms with Gasteiger partial charge in [-0.05, 0) is 29.8 Å². The van der Waals surface area contributed by atoms with Crippen molar-refractivity contribution in [3.05, 3.63) is 54.0 Å². The normalized spacial score (nSPS) is 11.3. The van der Waals surface area contributed by atoms with Gasteiger partial charge in [-0.1, -0.05) is 23.9 Å². The standard InChI is InChI=1S/C17H14FN5S2/c1-23-15(14-13(19)12-3-2-8-20-16(12)25-14)21-22-17(23)24-9-10-4-6-11(18)7-5-10/h2-8H,9,19H2,1H3.